The molecule has 0 saturated heterocycles. The number of aromatic nitrogens is 4. The van der Waals surface area contributed by atoms with Gasteiger partial charge in [-0.1, -0.05) is 47.9 Å². The molecule has 2 heterocycles. The van der Waals surface area contributed by atoms with Crippen molar-refractivity contribution in [2.75, 3.05) is 0 Å². The van der Waals surface area contributed by atoms with Crippen LogP contribution in [0, 0.1) is 19.8 Å². The summed E-state index contributed by atoms with van der Waals surface area (Å²) in [5, 5.41) is 13.4. The van der Waals surface area contributed by atoms with Crippen molar-refractivity contribution in [1.29, 1.82) is 0 Å². The molecule has 1 aliphatic rings. The number of rotatable bonds is 5. The molecule has 152 valence electrons. The van der Waals surface area contributed by atoms with E-state index in [-0.39, 0.29) is 11.8 Å². The van der Waals surface area contributed by atoms with Crippen LogP contribution in [0.3, 0.4) is 0 Å². The second-order valence-electron chi connectivity index (χ2n) is 8.45. The smallest absolute Gasteiger partial charge is 0.226 e. The van der Waals surface area contributed by atoms with Crippen LogP contribution in [0.1, 0.15) is 41.5 Å². The Morgan fingerprint density at radius 3 is 2.53 bits per heavy atom. The lowest BCUT2D eigenvalue weighted by Gasteiger charge is -2.32. The number of nitrogens with zero attached hydrogens (tertiary/aromatic N) is 5. The van der Waals surface area contributed by atoms with Gasteiger partial charge in [-0.15, -0.1) is 5.10 Å². The number of amides is 1. The number of benzene rings is 2. The van der Waals surface area contributed by atoms with Gasteiger partial charge in [-0.3, -0.25) is 4.79 Å². The van der Waals surface area contributed by atoms with Crippen molar-refractivity contribution >= 4 is 22.5 Å². The van der Waals surface area contributed by atoms with E-state index >= 15 is 0 Å². The maximum Gasteiger partial charge on any atom is 0.226 e. The zero-order valence-corrected chi connectivity index (χ0v) is 17.4. The Labute approximate surface area is 175 Å². The molecule has 0 bridgehead atoms. The van der Waals surface area contributed by atoms with Gasteiger partial charge in [0.05, 0.1) is 5.52 Å². The number of fused-ring (bicyclic) bond motifs is 3. The fourth-order valence-corrected chi connectivity index (χ4v) is 4.15. The Balaban J connectivity index is 1.54. The number of carbonyl (C=O) groups excluding carboxylic acids is 1. The van der Waals surface area contributed by atoms with Gasteiger partial charge in [-0.2, -0.15) is 4.52 Å². The molecule has 2 aromatic heterocycles. The van der Waals surface area contributed by atoms with Crippen LogP contribution in [0.15, 0.2) is 48.5 Å². The molecule has 1 saturated carbocycles. The van der Waals surface area contributed by atoms with Crippen molar-refractivity contribution in [1.82, 2.24) is 24.9 Å². The van der Waals surface area contributed by atoms with Crippen molar-refractivity contribution in [3.8, 4) is 0 Å². The van der Waals surface area contributed by atoms with Crippen LogP contribution in [-0.2, 0) is 17.9 Å². The minimum atomic E-state index is 0.144. The summed E-state index contributed by atoms with van der Waals surface area (Å²) < 4.78 is 1.78. The number of tetrazole rings is 1. The SMILES string of the molecule is Cc1ccc(CN(Cc2cc3cc(C)ccc3n3nnnc23)C(=O)C2CCC2)cc1. The lowest BCUT2D eigenvalue weighted by Crippen LogP contribution is -2.38. The van der Waals surface area contributed by atoms with E-state index in [9.17, 15) is 4.79 Å². The van der Waals surface area contributed by atoms with Gasteiger partial charge in [0, 0.05) is 30.0 Å². The third-order valence-corrected chi connectivity index (χ3v) is 6.12. The van der Waals surface area contributed by atoms with Gasteiger partial charge in [0.15, 0.2) is 5.65 Å². The Bertz CT molecular complexity index is 1220. The Morgan fingerprint density at radius 2 is 1.80 bits per heavy atom. The monoisotopic (exact) mass is 399 g/mol. The fourth-order valence-electron chi connectivity index (χ4n) is 4.15. The molecule has 30 heavy (non-hydrogen) atoms. The average Bonchev–Trinajstić information content (AvgIpc) is 3.18. The topological polar surface area (TPSA) is 63.4 Å². The van der Waals surface area contributed by atoms with Crippen LogP contribution in [0.2, 0.25) is 0 Å². The molecule has 0 atom stereocenters. The van der Waals surface area contributed by atoms with Gasteiger partial charge < -0.3 is 4.90 Å². The van der Waals surface area contributed by atoms with E-state index in [4.69, 9.17) is 0 Å². The number of hydrogen-bond acceptors (Lipinski definition) is 4. The lowest BCUT2D eigenvalue weighted by atomic mass is 9.84. The van der Waals surface area contributed by atoms with E-state index in [1.54, 1.807) is 4.52 Å². The van der Waals surface area contributed by atoms with Crippen molar-refractivity contribution in [3.63, 3.8) is 0 Å². The third-order valence-electron chi connectivity index (χ3n) is 6.12. The van der Waals surface area contributed by atoms with E-state index in [2.05, 4.69) is 71.8 Å². The van der Waals surface area contributed by atoms with E-state index in [0.717, 1.165) is 41.3 Å². The number of carbonyl (C=O) groups is 1. The number of aryl methyl sites for hydroxylation is 2. The van der Waals surface area contributed by atoms with Crippen LogP contribution in [0.4, 0.5) is 0 Å². The first-order valence-electron chi connectivity index (χ1n) is 10.5. The minimum absolute atomic E-state index is 0.144. The number of pyridine rings is 1. The Hall–Kier alpha value is -3.28. The summed E-state index contributed by atoms with van der Waals surface area (Å²) in [5.41, 5.74) is 6.19. The second-order valence-corrected chi connectivity index (χ2v) is 8.45. The average molecular weight is 399 g/mol. The van der Waals surface area contributed by atoms with E-state index in [1.165, 1.54) is 11.1 Å². The molecule has 4 aromatic rings. The van der Waals surface area contributed by atoms with Crippen LogP contribution in [0.5, 0.6) is 0 Å². The molecule has 0 N–H and O–H groups in total. The zero-order valence-electron chi connectivity index (χ0n) is 17.4. The maximum absolute atomic E-state index is 13.3. The third kappa shape index (κ3) is 3.43. The molecule has 1 fully saturated rings. The maximum atomic E-state index is 13.3. The summed E-state index contributed by atoms with van der Waals surface area (Å²) in [7, 11) is 0. The van der Waals surface area contributed by atoms with Gasteiger partial charge >= 0.3 is 0 Å². The van der Waals surface area contributed by atoms with E-state index in [1.807, 2.05) is 11.0 Å². The van der Waals surface area contributed by atoms with Crippen molar-refractivity contribution in [2.24, 2.45) is 5.92 Å². The zero-order chi connectivity index (χ0) is 20.7. The quantitative estimate of drug-likeness (QED) is 0.504. The molecular formula is C24H25N5O. The van der Waals surface area contributed by atoms with Crippen LogP contribution in [0.25, 0.3) is 16.6 Å². The predicted octanol–water partition coefficient (Wildman–Crippen LogP) is 4.22. The molecule has 0 aliphatic heterocycles. The van der Waals surface area contributed by atoms with E-state index < -0.39 is 0 Å². The molecule has 1 aliphatic carbocycles. The summed E-state index contributed by atoms with van der Waals surface area (Å²) in [6.45, 7) is 5.24. The van der Waals surface area contributed by atoms with Crippen molar-refractivity contribution < 1.29 is 4.79 Å². The summed E-state index contributed by atoms with van der Waals surface area (Å²) in [4.78, 5) is 15.2. The molecule has 6 nitrogen and oxygen atoms in total. The van der Waals surface area contributed by atoms with Crippen LogP contribution in [-0.4, -0.2) is 30.8 Å². The van der Waals surface area contributed by atoms with Gasteiger partial charge in [0.2, 0.25) is 5.91 Å². The molecular weight excluding hydrogens is 374 g/mol. The van der Waals surface area contributed by atoms with Gasteiger partial charge in [0.1, 0.15) is 0 Å². The minimum Gasteiger partial charge on any atom is -0.334 e. The number of hydrogen-bond donors (Lipinski definition) is 0. The van der Waals surface area contributed by atoms with Crippen LogP contribution < -0.4 is 0 Å². The van der Waals surface area contributed by atoms with Gasteiger partial charge in [-0.25, -0.2) is 0 Å². The molecule has 0 radical (unpaired) electrons. The normalized spacial score (nSPS) is 14.2. The summed E-state index contributed by atoms with van der Waals surface area (Å²) >= 11 is 0. The molecule has 1 amide bonds. The molecule has 0 spiro atoms. The standard InChI is InChI=1S/C24H25N5O/c1-16-6-9-18(10-7-16)14-28(24(30)19-4-3-5-19)15-21-13-20-12-17(2)8-11-22(20)29-23(21)25-26-27-29/h6-13,19H,3-5,14-15H2,1-2H3. The van der Waals surface area contributed by atoms with Crippen molar-refractivity contribution in [2.45, 2.75) is 46.2 Å². The Kier molecular flexibility index (Phi) is 4.69. The highest BCUT2D eigenvalue weighted by molar-refractivity contribution is 5.84. The summed E-state index contributed by atoms with van der Waals surface area (Å²) in [6, 6.07) is 16.8. The van der Waals surface area contributed by atoms with Gasteiger partial charge in [0.25, 0.3) is 0 Å². The second kappa shape index (κ2) is 7.52. The Morgan fingerprint density at radius 1 is 1.03 bits per heavy atom. The summed E-state index contributed by atoms with van der Waals surface area (Å²) in [5.74, 6) is 0.377. The molecule has 5 rings (SSSR count). The van der Waals surface area contributed by atoms with Crippen molar-refractivity contribution in [3.05, 3.63) is 70.8 Å². The fraction of sp³-hybridized carbons (Fsp3) is 0.333. The summed E-state index contributed by atoms with van der Waals surface area (Å²) in [6.07, 6.45) is 3.12. The molecule has 6 heteroatoms. The molecule has 0 unspecified atom stereocenters. The molecule has 2 aromatic carbocycles. The van der Waals surface area contributed by atoms with Crippen LogP contribution >= 0.6 is 0 Å². The lowest BCUT2D eigenvalue weighted by molar-refractivity contribution is -0.139. The largest absolute Gasteiger partial charge is 0.334 e. The highest BCUT2D eigenvalue weighted by Gasteiger charge is 2.30. The highest BCUT2D eigenvalue weighted by atomic mass is 16.2. The van der Waals surface area contributed by atoms with E-state index in [0.29, 0.717) is 18.7 Å². The predicted molar refractivity (Wildman–Crippen MR) is 116 cm³/mol. The highest BCUT2D eigenvalue weighted by Crippen LogP contribution is 2.30. The first-order valence-corrected chi connectivity index (χ1v) is 10.5. The van der Waals surface area contributed by atoms with Gasteiger partial charge in [-0.05, 0) is 60.9 Å². The first kappa shape index (κ1) is 18.7. The first-order chi connectivity index (χ1) is 14.6.